The van der Waals surface area contributed by atoms with Crippen LogP contribution >= 0.6 is 0 Å². The van der Waals surface area contributed by atoms with Crippen LogP contribution in [0.3, 0.4) is 0 Å². The van der Waals surface area contributed by atoms with Gasteiger partial charge in [0.2, 0.25) is 5.91 Å². The first kappa shape index (κ1) is 11.9. The summed E-state index contributed by atoms with van der Waals surface area (Å²) in [6.45, 7) is 1.86. The van der Waals surface area contributed by atoms with E-state index in [1.807, 2.05) is 6.92 Å². The molecule has 1 aromatic heterocycles. The molecule has 2 aromatic rings. The Labute approximate surface area is 104 Å². The second-order valence-electron chi connectivity index (χ2n) is 3.85. The number of nitrogens with zero attached hydrogens (tertiary/aromatic N) is 1. The zero-order chi connectivity index (χ0) is 13.0. The summed E-state index contributed by atoms with van der Waals surface area (Å²) >= 11 is 0. The van der Waals surface area contributed by atoms with Gasteiger partial charge < -0.3 is 10.4 Å². The summed E-state index contributed by atoms with van der Waals surface area (Å²) in [5.74, 6) is 0.436. The largest absolute Gasteiger partial charge is 0.508 e. The van der Waals surface area contributed by atoms with Crippen molar-refractivity contribution < 1.29 is 9.90 Å². The zero-order valence-corrected chi connectivity index (χ0v) is 9.84. The third-order valence-corrected chi connectivity index (χ3v) is 2.28. The first-order chi connectivity index (χ1) is 8.63. The lowest BCUT2D eigenvalue weighted by atomic mass is 10.2. The van der Waals surface area contributed by atoms with Crippen LogP contribution in [0.5, 0.6) is 5.75 Å². The van der Waals surface area contributed by atoms with Crippen molar-refractivity contribution in [1.82, 2.24) is 10.2 Å². The molecule has 0 bridgehead atoms. The van der Waals surface area contributed by atoms with Crippen molar-refractivity contribution in [2.75, 3.05) is 5.32 Å². The Balaban J connectivity index is 1.96. The highest BCUT2D eigenvalue weighted by Crippen LogP contribution is 2.11. The van der Waals surface area contributed by atoms with E-state index in [2.05, 4.69) is 15.5 Å². The first-order valence-electron chi connectivity index (χ1n) is 5.43. The fourth-order valence-corrected chi connectivity index (χ4v) is 1.41. The molecule has 2 rings (SSSR count). The lowest BCUT2D eigenvalue weighted by molar-refractivity contribution is -0.111. The van der Waals surface area contributed by atoms with Gasteiger partial charge in [-0.25, -0.2) is 0 Å². The summed E-state index contributed by atoms with van der Waals surface area (Å²) in [5, 5.41) is 18.4. The van der Waals surface area contributed by atoms with Gasteiger partial charge in [0.1, 0.15) is 5.75 Å². The molecule has 0 fully saturated rings. The average Bonchev–Trinajstić information content (AvgIpc) is 2.74. The number of carbonyl (C=O) groups is 1. The Morgan fingerprint density at radius 1 is 1.39 bits per heavy atom. The van der Waals surface area contributed by atoms with E-state index in [0.29, 0.717) is 5.82 Å². The van der Waals surface area contributed by atoms with Crippen LogP contribution < -0.4 is 5.32 Å². The number of phenolic OH excluding ortho intramolecular Hbond substituents is 1. The predicted molar refractivity (Wildman–Crippen MR) is 69.1 cm³/mol. The van der Waals surface area contributed by atoms with E-state index in [9.17, 15) is 4.79 Å². The summed E-state index contributed by atoms with van der Waals surface area (Å²) < 4.78 is 0. The van der Waals surface area contributed by atoms with E-state index in [-0.39, 0.29) is 11.7 Å². The van der Waals surface area contributed by atoms with Gasteiger partial charge in [-0.1, -0.05) is 12.1 Å². The number of aromatic amines is 1. The van der Waals surface area contributed by atoms with Crippen molar-refractivity contribution in [3.63, 3.8) is 0 Å². The van der Waals surface area contributed by atoms with Gasteiger partial charge in [-0.05, 0) is 30.7 Å². The van der Waals surface area contributed by atoms with Crippen molar-refractivity contribution in [3.8, 4) is 5.75 Å². The Morgan fingerprint density at radius 3 is 2.72 bits per heavy atom. The Bertz CT molecular complexity index is 570. The van der Waals surface area contributed by atoms with E-state index in [1.165, 1.54) is 6.08 Å². The van der Waals surface area contributed by atoms with Crippen LogP contribution in [0.1, 0.15) is 11.3 Å². The van der Waals surface area contributed by atoms with Gasteiger partial charge in [0.25, 0.3) is 0 Å². The lowest BCUT2D eigenvalue weighted by Gasteiger charge is -1.96. The minimum Gasteiger partial charge on any atom is -0.508 e. The molecule has 1 amide bonds. The number of H-pyrrole nitrogens is 1. The van der Waals surface area contributed by atoms with Gasteiger partial charge in [-0.15, -0.1) is 0 Å². The molecule has 5 nitrogen and oxygen atoms in total. The molecular formula is C13H13N3O2. The van der Waals surface area contributed by atoms with Gasteiger partial charge >= 0.3 is 0 Å². The molecule has 92 valence electrons. The fourth-order valence-electron chi connectivity index (χ4n) is 1.41. The van der Waals surface area contributed by atoms with Gasteiger partial charge in [0.15, 0.2) is 5.82 Å². The molecule has 0 aliphatic rings. The fraction of sp³-hybridized carbons (Fsp3) is 0.0769. The Morgan fingerprint density at radius 2 is 2.11 bits per heavy atom. The third kappa shape index (κ3) is 3.21. The number of amides is 1. The predicted octanol–water partition coefficient (Wildman–Crippen LogP) is 2.08. The van der Waals surface area contributed by atoms with E-state index in [4.69, 9.17) is 5.11 Å². The van der Waals surface area contributed by atoms with Crippen molar-refractivity contribution in [3.05, 3.63) is 47.7 Å². The second kappa shape index (κ2) is 5.18. The van der Waals surface area contributed by atoms with Crippen LogP contribution in [-0.2, 0) is 4.79 Å². The Kier molecular flexibility index (Phi) is 3.43. The van der Waals surface area contributed by atoms with Crippen molar-refractivity contribution in [1.29, 1.82) is 0 Å². The number of hydrogen-bond acceptors (Lipinski definition) is 3. The maximum Gasteiger partial charge on any atom is 0.249 e. The summed E-state index contributed by atoms with van der Waals surface area (Å²) in [6, 6.07) is 8.31. The standard InChI is InChI=1S/C13H13N3O2/c1-9-8-12(16-15-9)14-13(18)7-4-10-2-5-11(17)6-3-10/h2-8,17H,1H3,(H2,14,15,16,18)/b7-4+. The summed E-state index contributed by atoms with van der Waals surface area (Å²) in [5.41, 5.74) is 1.72. The van der Waals surface area contributed by atoms with E-state index in [0.717, 1.165) is 11.3 Å². The van der Waals surface area contributed by atoms with E-state index in [1.54, 1.807) is 36.4 Å². The molecule has 0 unspecified atom stereocenters. The van der Waals surface area contributed by atoms with Gasteiger partial charge in [-0.3, -0.25) is 9.89 Å². The number of aromatic hydroxyl groups is 1. The lowest BCUT2D eigenvalue weighted by Crippen LogP contribution is -2.07. The maximum atomic E-state index is 11.6. The number of anilines is 1. The molecule has 0 aliphatic carbocycles. The molecule has 0 saturated carbocycles. The minimum absolute atomic E-state index is 0.198. The van der Waals surface area contributed by atoms with Crippen LogP contribution in [0.25, 0.3) is 6.08 Å². The number of benzene rings is 1. The van der Waals surface area contributed by atoms with Crippen LogP contribution in [0, 0.1) is 6.92 Å². The number of carbonyl (C=O) groups excluding carboxylic acids is 1. The quantitative estimate of drug-likeness (QED) is 0.722. The molecule has 5 heteroatoms. The van der Waals surface area contributed by atoms with Crippen LogP contribution in [0.2, 0.25) is 0 Å². The van der Waals surface area contributed by atoms with Crippen molar-refractivity contribution in [2.24, 2.45) is 0 Å². The highest BCUT2D eigenvalue weighted by Gasteiger charge is 2.00. The molecule has 1 aromatic carbocycles. The SMILES string of the molecule is Cc1cc(NC(=O)/C=C/c2ccc(O)cc2)n[nH]1. The number of aromatic nitrogens is 2. The molecule has 0 spiro atoms. The van der Waals surface area contributed by atoms with Gasteiger partial charge in [0.05, 0.1) is 0 Å². The van der Waals surface area contributed by atoms with Crippen LogP contribution in [-0.4, -0.2) is 21.2 Å². The van der Waals surface area contributed by atoms with Gasteiger partial charge in [-0.2, -0.15) is 5.10 Å². The molecule has 0 saturated heterocycles. The molecular weight excluding hydrogens is 230 g/mol. The molecule has 0 radical (unpaired) electrons. The third-order valence-electron chi connectivity index (χ3n) is 2.28. The summed E-state index contributed by atoms with van der Waals surface area (Å²) in [7, 11) is 0. The number of aryl methyl sites for hydroxylation is 1. The molecule has 18 heavy (non-hydrogen) atoms. The van der Waals surface area contributed by atoms with Gasteiger partial charge in [0, 0.05) is 17.8 Å². The van der Waals surface area contributed by atoms with Crippen LogP contribution in [0.15, 0.2) is 36.4 Å². The number of nitrogens with one attached hydrogen (secondary N) is 2. The average molecular weight is 243 g/mol. The molecule has 1 heterocycles. The van der Waals surface area contributed by atoms with Crippen molar-refractivity contribution >= 4 is 17.8 Å². The number of phenols is 1. The van der Waals surface area contributed by atoms with E-state index < -0.39 is 0 Å². The number of rotatable bonds is 3. The second-order valence-corrected chi connectivity index (χ2v) is 3.85. The first-order valence-corrected chi connectivity index (χ1v) is 5.43. The molecule has 0 aliphatic heterocycles. The topological polar surface area (TPSA) is 78.0 Å². The molecule has 3 N–H and O–H groups in total. The minimum atomic E-state index is -0.255. The zero-order valence-electron chi connectivity index (χ0n) is 9.84. The smallest absolute Gasteiger partial charge is 0.249 e. The maximum absolute atomic E-state index is 11.6. The summed E-state index contributed by atoms with van der Waals surface area (Å²) in [4.78, 5) is 11.6. The highest BCUT2D eigenvalue weighted by atomic mass is 16.3. The molecule has 0 atom stereocenters. The number of hydrogen-bond donors (Lipinski definition) is 3. The monoisotopic (exact) mass is 243 g/mol. The summed E-state index contributed by atoms with van der Waals surface area (Å²) in [6.07, 6.45) is 3.07. The van der Waals surface area contributed by atoms with Crippen LogP contribution in [0.4, 0.5) is 5.82 Å². The van der Waals surface area contributed by atoms with E-state index >= 15 is 0 Å². The van der Waals surface area contributed by atoms with Crippen molar-refractivity contribution in [2.45, 2.75) is 6.92 Å². The highest BCUT2D eigenvalue weighted by molar-refractivity contribution is 6.01. The normalized spacial score (nSPS) is 10.7. The Hall–Kier alpha value is -2.56.